The highest BCUT2D eigenvalue weighted by atomic mass is 16.7. The number of aryl methyl sites for hydroxylation is 1. The second kappa shape index (κ2) is 9.57. The van der Waals surface area contributed by atoms with Crippen LogP contribution >= 0.6 is 0 Å². The number of nitrogens with one attached hydrogen (secondary N) is 1. The number of ether oxygens (including phenoxy) is 1. The quantitative estimate of drug-likeness (QED) is 0.293. The molecule has 5 aromatic rings. The molecule has 2 unspecified atom stereocenters. The third-order valence-corrected chi connectivity index (χ3v) is 7.52. The maximum atomic E-state index is 6.56. The van der Waals surface area contributed by atoms with Gasteiger partial charge in [0.2, 0.25) is 5.72 Å². The average molecular weight is 529 g/mol. The van der Waals surface area contributed by atoms with Crippen molar-refractivity contribution in [1.29, 1.82) is 0 Å². The fourth-order valence-corrected chi connectivity index (χ4v) is 5.45. The van der Waals surface area contributed by atoms with Crippen LogP contribution in [0.3, 0.4) is 0 Å². The third-order valence-electron chi connectivity index (χ3n) is 7.52. The predicted octanol–water partition coefficient (Wildman–Crippen LogP) is 6.19. The van der Waals surface area contributed by atoms with E-state index in [-0.39, 0.29) is 6.04 Å². The molecule has 1 aromatic heterocycles. The van der Waals surface area contributed by atoms with Crippen LogP contribution < -0.4 is 15.0 Å². The first kappa shape index (κ1) is 24.0. The lowest BCUT2D eigenvalue weighted by Gasteiger charge is -2.37. The number of fused-ring (bicyclic) bond motifs is 3. The molecule has 0 spiro atoms. The monoisotopic (exact) mass is 528 g/mol. The van der Waals surface area contributed by atoms with Crippen LogP contribution in [0.1, 0.15) is 34.8 Å². The maximum Gasteiger partial charge on any atom is 0.243 e. The number of anilines is 2. The Labute approximate surface area is 232 Å². The summed E-state index contributed by atoms with van der Waals surface area (Å²) in [6.07, 6.45) is 2.34. The lowest BCUT2D eigenvalue weighted by atomic mass is 9.92. The minimum absolute atomic E-state index is 0.224. The van der Waals surface area contributed by atoms with E-state index >= 15 is 0 Å². The molecule has 0 radical (unpaired) electrons. The molecule has 7 rings (SSSR count). The van der Waals surface area contributed by atoms with Crippen LogP contribution in [0.2, 0.25) is 0 Å². The molecular weight excluding hydrogens is 500 g/mol. The molecule has 0 saturated heterocycles. The number of oxime groups is 1. The van der Waals surface area contributed by atoms with Crippen LogP contribution in [0.4, 0.5) is 11.4 Å². The van der Waals surface area contributed by atoms with Gasteiger partial charge < -0.3 is 14.9 Å². The van der Waals surface area contributed by atoms with E-state index in [0.717, 1.165) is 45.5 Å². The molecule has 0 fully saturated rings. The maximum absolute atomic E-state index is 6.56. The SMILES string of the molecule is COc1ccc(C23CC(c4cnn(-c5ccccc5)n4)Nc4ccccc4N2C(c2ccc(C)cc2)=NO3)cc1. The Morgan fingerprint density at radius 3 is 2.42 bits per heavy atom. The van der Waals surface area contributed by atoms with Crippen molar-refractivity contribution in [3.8, 4) is 11.4 Å². The summed E-state index contributed by atoms with van der Waals surface area (Å²) < 4.78 is 5.47. The lowest BCUT2D eigenvalue weighted by Crippen LogP contribution is -2.47. The number of benzene rings is 4. The highest BCUT2D eigenvalue weighted by Gasteiger charge is 2.53. The van der Waals surface area contributed by atoms with E-state index < -0.39 is 5.72 Å². The molecule has 0 amide bonds. The summed E-state index contributed by atoms with van der Waals surface area (Å²) in [6, 6.07) is 34.3. The van der Waals surface area contributed by atoms with Gasteiger partial charge in [-0.25, -0.2) is 0 Å². The van der Waals surface area contributed by atoms with Gasteiger partial charge in [0.15, 0.2) is 5.84 Å². The lowest BCUT2D eigenvalue weighted by molar-refractivity contribution is -0.0311. The van der Waals surface area contributed by atoms with E-state index in [0.29, 0.717) is 6.42 Å². The zero-order chi connectivity index (χ0) is 27.1. The second-order valence-corrected chi connectivity index (χ2v) is 10.0. The molecule has 0 saturated carbocycles. The summed E-state index contributed by atoms with van der Waals surface area (Å²) in [7, 11) is 1.67. The summed E-state index contributed by atoms with van der Waals surface area (Å²) in [5.41, 5.74) is 5.80. The minimum Gasteiger partial charge on any atom is -0.497 e. The van der Waals surface area contributed by atoms with Gasteiger partial charge >= 0.3 is 0 Å². The average Bonchev–Trinajstić information content (AvgIpc) is 3.61. The number of amidine groups is 1. The Morgan fingerprint density at radius 1 is 0.900 bits per heavy atom. The summed E-state index contributed by atoms with van der Waals surface area (Å²) >= 11 is 0. The molecule has 40 heavy (non-hydrogen) atoms. The van der Waals surface area contributed by atoms with Gasteiger partial charge in [0, 0.05) is 17.5 Å². The van der Waals surface area contributed by atoms with Crippen molar-refractivity contribution >= 4 is 17.2 Å². The number of rotatable bonds is 5. The van der Waals surface area contributed by atoms with Gasteiger partial charge in [-0.2, -0.15) is 15.0 Å². The largest absolute Gasteiger partial charge is 0.497 e. The highest BCUT2D eigenvalue weighted by molar-refractivity contribution is 6.13. The molecule has 2 aliphatic heterocycles. The van der Waals surface area contributed by atoms with Crippen LogP contribution in [0.15, 0.2) is 114 Å². The summed E-state index contributed by atoms with van der Waals surface area (Å²) in [5, 5.41) is 18.0. The number of nitrogens with zero attached hydrogens (tertiary/aromatic N) is 5. The van der Waals surface area contributed by atoms with Gasteiger partial charge in [-0.05, 0) is 55.5 Å². The van der Waals surface area contributed by atoms with E-state index in [9.17, 15) is 0 Å². The van der Waals surface area contributed by atoms with Crippen LogP contribution in [0.25, 0.3) is 5.69 Å². The van der Waals surface area contributed by atoms with Crippen molar-refractivity contribution in [3.05, 3.63) is 132 Å². The van der Waals surface area contributed by atoms with Crippen molar-refractivity contribution in [1.82, 2.24) is 15.0 Å². The first-order chi connectivity index (χ1) is 19.6. The van der Waals surface area contributed by atoms with Crippen molar-refractivity contribution in [2.45, 2.75) is 25.1 Å². The van der Waals surface area contributed by atoms with Crippen molar-refractivity contribution in [2.24, 2.45) is 5.16 Å². The van der Waals surface area contributed by atoms with Crippen LogP contribution in [0, 0.1) is 6.92 Å². The van der Waals surface area contributed by atoms with Crippen LogP contribution in [0.5, 0.6) is 5.75 Å². The number of para-hydroxylation sites is 3. The first-order valence-electron chi connectivity index (χ1n) is 13.3. The van der Waals surface area contributed by atoms with Gasteiger partial charge in [-0.3, -0.25) is 4.90 Å². The molecule has 0 aliphatic carbocycles. The van der Waals surface area contributed by atoms with E-state index in [1.54, 1.807) is 11.9 Å². The molecule has 0 bridgehead atoms. The van der Waals surface area contributed by atoms with Gasteiger partial charge in [0.1, 0.15) is 11.4 Å². The van der Waals surface area contributed by atoms with E-state index in [4.69, 9.17) is 19.8 Å². The van der Waals surface area contributed by atoms with Crippen LogP contribution in [-0.2, 0) is 10.6 Å². The van der Waals surface area contributed by atoms with Gasteiger partial charge in [0.25, 0.3) is 0 Å². The number of methoxy groups -OCH3 is 1. The van der Waals surface area contributed by atoms with Gasteiger partial charge in [0.05, 0.1) is 36.4 Å². The fourth-order valence-electron chi connectivity index (χ4n) is 5.45. The topological polar surface area (TPSA) is 76.8 Å². The summed E-state index contributed by atoms with van der Waals surface area (Å²) in [6.45, 7) is 2.08. The Bertz CT molecular complexity index is 1680. The smallest absolute Gasteiger partial charge is 0.243 e. The highest BCUT2D eigenvalue weighted by Crippen LogP contribution is 2.51. The normalized spacial score (nSPS) is 19.5. The van der Waals surface area contributed by atoms with E-state index in [1.807, 2.05) is 72.9 Å². The molecule has 2 aliphatic rings. The zero-order valence-electron chi connectivity index (χ0n) is 22.2. The van der Waals surface area contributed by atoms with E-state index in [1.165, 1.54) is 5.56 Å². The summed E-state index contributed by atoms with van der Waals surface area (Å²) in [4.78, 5) is 10.4. The van der Waals surface area contributed by atoms with Gasteiger partial charge in [-0.1, -0.05) is 65.3 Å². The fraction of sp³-hybridized carbons (Fsp3) is 0.156. The molecule has 198 valence electrons. The summed E-state index contributed by atoms with van der Waals surface area (Å²) in [5.74, 6) is 1.53. The van der Waals surface area contributed by atoms with Gasteiger partial charge in [-0.15, -0.1) is 0 Å². The van der Waals surface area contributed by atoms with E-state index in [2.05, 4.69) is 58.6 Å². The minimum atomic E-state index is -0.951. The molecule has 4 aromatic carbocycles. The molecule has 1 N–H and O–H groups in total. The van der Waals surface area contributed by atoms with Crippen molar-refractivity contribution < 1.29 is 9.57 Å². The Kier molecular flexibility index (Phi) is 5.73. The predicted molar refractivity (Wildman–Crippen MR) is 155 cm³/mol. The number of hydrogen-bond donors (Lipinski definition) is 1. The molecule has 8 nitrogen and oxygen atoms in total. The second-order valence-electron chi connectivity index (χ2n) is 10.0. The van der Waals surface area contributed by atoms with Crippen molar-refractivity contribution in [2.75, 3.05) is 17.3 Å². The molecule has 8 heteroatoms. The number of hydrogen-bond acceptors (Lipinski definition) is 7. The van der Waals surface area contributed by atoms with Crippen molar-refractivity contribution in [3.63, 3.8) is 0 Å². The first-order valence-corrected chi connectivity index (χ1v) is 13.3. The zero-order valence-corrected chi connectivity index (χ0v) is 22.2. The molecule has 2 atom stereocenters. The Balaban J connectivity index is 1.39. The molecule has 3 heterocycles. The number of aromatic nitrogens is 3. The third kappa shape index (κ3) is 3.96. The Hall–Kier alpha value is -5.11. The molecular formula is C32H28N6O2. The Morgan fingerprint density at radius 2 is 1.65 bits per heavy atom. The standard InChI is InChI=1S/C32H28N6O2/c1-22-12-14-23(15-13-22)31-36-40-32(24-16-18-26(39-2)19-17-24)20-28(34-27-10-6-7-11-30(27)37(31)32)29-21-33-38(35-29)25-8-4-3-5-9-25/h3-19,21,28,34H,20H2,1-2H3. The van der Waals surface area contributed by atoms with Crippen LogP contribution in [-0.4, -0.2) is 27.9 Å².